The number of nitrogens with zero attached hydrogens (tertiary/aromatic N) is 2. The number of aliphatic carboxylic acids is 1. The van der Waals surface area contributed by atoms with Crippen LogP contribution in [0.25, 0.3) is 22.5 Å². The molecule has 4 aromatic rings. The zero-order chi connectivity index (χ0) is 27.3. The number of hydrogen-bond donors (Lipinski definition) is 2. The zero-order valence-corrected chi connectivity index (χ0v) is 22.2. The van der Waals surface area contributed by atoms with Crippen molar-refractivity contribution in [3.63, 3.8) is 0 Å². The third kappa shape index (κ3) is 6.51. The first kappa shape index (κ1) is 26.7. The Balaban J connectivity index is 1.42. The molecule has 1 amide bonds. The van der Waals surface area contributed by atoms with E-state index in [1.807, 2.05) is 60.9 Å². The SMILES string of the molecule is CCc1cccc(-c2cnc(-c3ccc(C[C@H](NC(=O)c4ccc(C(C)(C)C)cc4)C(=O)O)cc3)nc2)c1. The smallest absolute Gasteiger partial charge is 0.326 e. The van der Waals surface area contributed by atoms with E-state index < -0.39 is 17.9 Å². The van der Waals surface area contributed by atoms with Crippen LogP contribution in [0.2, 0.25) is 0 Å². The topological polar surface area (TPSA) is 92.2 Å². The van der Waals surface area contributed by atoms with Crippen molar-refractivity contribution in [2.24, 2.45) is 0 Å². The molecule has 0 spiro atoms. The Morgan fingerprint density at radius 1 is 0.842 bits per heavy atom. The fraction of sp³-hybridized carbons (Fsp3) is 0.250. The lowest BCUT2D eigenvalue weighted by atomic mass is 9.86. The van der Waals surface area contributed by atoms with Crippen LogP contribution in [-0.4, -0.2) is 33.0 Å². The highest BCUT2D eigenvalue weighted by molar-refractivity contribution is 5.96. The molecule has 194 valence electrons. The maximum absolute atomic E-state index is 12.7. The molecule has 0 unspecified atom stereocenters. The second-order valence-electron chi connectivity index (χ2n) is 10.4. The van der Waals surface area contributed by atoms with Crippen LogP contribution >= 0.6 is 0 Å². The lowest BCUT2D eigenvalue weighted by molar-refractivity contribution is -0.139. The summed E-state index contributed by atoms with van der Waals surface area (Å²) in [4.78, 5) is 33.7. The van der Waals surface area contributed by atoms with E-state index in [0.29, 0.717) is 11.4 Å². The molecule has 0 aliphatic carbocycles. The first-order valence-electron chi connectivity index (χ1n) is 12.8. The number of carboxylic acid groups (broad SMARTS) is 1. The van der Waals surface area contributed by atoms with Crippen molar-refractivity contribution in [2.75, 3.05) is 0 Å². The summed E-state index contributed by atoms with van der Waals surface area (Å²) < 4.78 is 0. The minimum Gasteiger partial charge on any atom is -0.480 e. The van der Waals surface area contributed by atoms with Gasteiger partial charge in [0.25, 0.3) is 5.91 Å². The molecule has 4 rings (SSSR count). The molecule has 0 fully saturated rings. The van der Waals surface area contributed by atoms with Gasteiger partial charge in [0.05, 0.1) is 0 Å². The van der Waals surface area contributed by atoms with Gasteiger partial charge in [-0.05, 0) is 46.2 Å². The second-order valence-corrected chi connectivity index (χ2v) is 10.4. The highest BCUT2D eigenvalue weighted by Crippen LogP contribution is 2.23. The molecule has 2 N–H and O–H groups in total. The second kappa shape index (κ2) is 11.4. The van der Waals surface area contributed by atoms with Gasteiger partial charge < -0.3 is 10.4 Å². The largest absolute Gasteiger partial charge is 0.480 e. The van der Waals surface area contributed by atoms with Crippen LogP contribution in [0.15, 0.2) is 85.2 Å². The van der Waals surface area contributed by atoms with Gasteiger partial charge in [-0.2, -0.15) is 0 Å². The van der Waals surface area contributed by atoms with Crippen LogP contribution in [0, 0.1) is 0 Å². The van der Waals surface area contributed by atoms with E-state index in [9.17, 15) is 14.7 Å². The predicted octanol–water partition coefficient (Wildman–Crippen LogP) is 6.10. The summed E-state index contributed by atoms with van der Waals surface area (Å²) in [5.74, 6) is -0.902. The lowest BCUT2D eigenvalue weighted by Crippen LogP contribution is -2.42. The van der Waals surface area contributed by atoms with Crippen molar-refractivity contribution in [2.45, 2.75) is 52.0 Å². The molecule has 0 radical (unpaired) electrons. The molecule has 1 atom stereocenters. The van der Waals surface area contributed by atoms with Crippen molar-refractivity contribution in [3.8, 4) is 22.5 Å². The highest BCUT2D eigenvalue weighted by atomic mass is 16.4. The van der Waals surface area contributed by atoms with Gasteiger partial charge in [0, 0.05) is 35.5 Å². The zero-order valence-electron chi connectivity index (χ0n) is 22.2. The number of carbonyl (C=O) groups excluding carboxylic acids is 1. The Hall–Kier alpha value is -4.32. The quantitative estimate of drug-likeness (QED) is 0.301. The minimum absolute atomic E-state index is 0.0293. The molecule has 6 nitrogen and oxygen atoms in total. The molecule has 0 aliphatic rings. The van der Waals surface area contributed by atoms with Crippen molar-refractivity contribution in [3.05, 3.63) is 107 Å². The predicted molar refractivity (Wildman–Crippen MR) is 150 cm³/mol. The minimum atomic E-state index is -1.08. The number of carbonyl (C=O) groups is 2. The summed E-state index contributed by atoms with van der Waals surface area (Å²) in [7, 11) is 0. The van der Waals surface area contributed by atoms with Gasteiger partial charge in [-0.25, -0.2) is 14.8 Å². The number of benzene rings is 3. The van der Waals surface area contributed by atoms with Gasteiger partial charge >= 0.3 is 5.97 Å². The van der Waals surface area contributed by atoms with Gasteiger partial charge in [0.15, 0.2) is 5.82 Å². The Morgan fingerprint density at radius 2 is 1.50 bits per heavy atom. The van der Waals surface area contributed by atoms with Crippen molar-refractivity contribution >= 4 is 11.9 Å². The van der Waals surface area contributed by atoms with Crippen molar-refractivity contribution in [1.29, 1.82) is 0 Å². The standard InChI is InChI=1S/C32H33N3O3/c1-5-21-7-6-8-25(17-21)26-19-33-29(34-20-26)23-11-9-22(10-12-23)18-28(31(37)38)35-30(36)24-13-15-27(16-14-24)32(2,3)4/h6-17,19-20,28H,5,18H2,1-4H3,(H,35,36)(H,37,38)/t28-/m0/s1. The Kier molecular flexibility index (Phi) is 8.01. The molecular formula is C32H33N3O3. The lowest BCUT2D eigenvalue weighted by Gasteiger charge is -2.19. The Bertz CT molecular complexity index is 1400. The summed E-state index contributed by atoms with van der Waals surface area (Å²) in [6.45, 7) is 8.42. The molecule has 1 aromatic heterocycles. The number of rotatable bonds is 8. The fourth-order valence-electron chi connectivity index (χ4n) is 4.19. The molecule has 0 bridgehead atoms. The first-order chi connectivity index (χ1) is 18.1. The highest BCUT2D eigenvalue weighted by Gasteiger charge is 2.22. The monoisotopic (exact) mass is 507 g/mol. The average molecular weight is 508 g/mol. The number of amides is 1. The number of carboxylic acids is 1. The van der Waals surface area contributed by atoms with Gasteiger partial charge in [-0.15, -0.1) is 0 Å². The molecule has 6 heteroatoms. The maximum Gasteiger partial charge on any atom is 0.326 e. The number of aryl methyl sites for hydroxylation is 1. The van der Waals surface area contributed by atoms with Crippen LogP contribution in [0.1, 0.15) is 54.7 Å². The van der Waals surface area contributed by atoms with Crippen LogP contribution in [0.4, 0.5) is 0 Å². The van der Waals surface area contributed by atoms with Crippen LogP contribution in [-0.2, 0) is 23.1 Å². The third-order valence-corrected chi connectivity index (χ3v) is 6.59. The summed E-state index contributed by atoms with van der Waals surface area (Å²) in [6, 6.07) is 22.0. The number of hydrogen-bond acceptors (Lipinski definition) is 4. The van der Waals surface area contributed by atoms with Gasteiger partial charge in [0.2, 0.25) is 0 Å². The van der Waals surface area contributed by atoms with Gasteiger partial charge in [-0.3, -0.25) is 4.79 Å². The number of nitrogens with one attached hydrogen (secondary N) is 1. The summed E-state index contributed by atoms with van der Waals surface area (Å²) in [5.41, 5.74) is 6.42. The van der Waals surface area contributed by atoms with E-state index in [-0.39, 0.29) is 11.8 Å². The van der Waals surface area contributed by atoms with Crippen molar-refractivity contribution < 1.29 is 14.7 Å². The van der Waals surface area contributed by atoms with E-state index in [1.54, 1.807) is 12.1 Å². The summed E-state index contributed by atoms with van der Waals surface area (Å²) >= 11 is 0. The average Bonchev–Trinajstić information content (AvgIpc) is 2.92. The third-order valence-electron chi connectivity index (χ3n) is 6.59. The van der Waals surface area contributed by atoms with E-state index in [1.165, 1.54) is 5.56 Å². The van der Waals surface area contributed by atoms with Crippen molar-refractivity contribution in [1.82, 2.24) is 15.3 Å². The molecule has 3 aromatic carbocycles. The van der Waals surface area contributed by atoms with Crippen LogP contribution in [0.3, 0.4) is 0 Å². The van der Waals surface area contributed by atoms with E-state index in [4.69, 9.17) is 0 Å². The van der Waals surface area contributed by atoms with Gasteiger partial charge in [0.1, 0.15) is 6.04 Å². The molecule has 1 heterocycles. The van der Waals surface area contributed by atoms with Crippen LogP contribution < -0.4 is 5.32 Å². The van der Waals surface area contributed by atoms with Gasteiger partial charge in [-0.1, -0.05) is 88.4 Å². The maximum atomic E-state index is 12.7. The normalized spacial score (nSPS) is 12.1. The van der Waals surface area contributed by atoms with E-state index >= 15 is 0 Å². The molecule has 0 saturated carbocycles. The molecule has 38 heavy (non-hydrogen) atoms. The molecular weight excluding hydrogens is 474 g/mol. The Labute approximate surface area is 223 Å². The molecule has 0 aliphatic heterocycles. The fourth-order valence-corrected chi connectivity index (χ4v) is 4.19. The van der Waals surface area contributed by atoms with E-state index in [0.717, 1.165) is 34.2 Å². The first-order valence-corrected chi connectivity index (χ1v) is 12.8. The van der Waals surface area contributed by atoms with E-state index in [2.05, 4.69) is 55.1 Å². The summed E-state index contributed by atoms with van der Waals surface area (Å²) in [5, 5.41) is 12.4. The molecule has 0 saturated heterocycles. The van der Waals surface area contributed by atoms with Crippen LogP contribution in [0.5, 0.6) is 0 Å². The number of aromatic nitrogens is 2. The summed E-state index contributed by atoms with van der Waals surface area (Å²) in [6.07, 6.45) is 4.76. The Morgan fingerprint density at radius 3 is 2.08 bits per heavy atom.